The lowest BCUT2D eigenvalue weighted by molar-refractivity contribution is -0.133. The van der Waals surface area contributed by atoms with Crippen molar-refractivity contribution in [3.8, 4) is 11.5 Å². The number of fused-ring (bicyclic) bond motifs is 2. The van der Waals surface area contributed by atoms with Gasteiger partial charge >= 0.3 is 6.48 Å². The molecule has 5 heteroatoms. The molecule has 3 rings (SSSR count). The predicted octanol–water partition coefficient (Wildman–Crippen LogP) is 1.36. The number of methoxy groups -OCH3 is 2. The van der Waals surface area contributed by atoms with E-state index in [4.69, 9.17) is 18.9 Å². The number of benzene rings is 1. The van der Waals surface area contributed by atoms with Crippen molar-refractivity contribution in [2.24, 2.45) is 11.8 Å². The lowest BCUT2D eigenvalue weighted by Crippen LogP contribution is -2.31. The van der Waals surface area contributed by atoms with Gasteiger partial charge in [-0.3, -0.25) is 0 Å². The summed E-state index contributed by atoms with van der Waals surface area (Å²) in [7, 11) is 3.46. The first kappa shape index (κ1) is 13.7. The van der Waals surface area contributed by atoms with E-state index in [1.165, 1.54) is 11.1 Å². The first-order valence-corrected chi connectivity index (χ1v) is 6.86. The zero-order valence-electron chi connectivity index (χ0n) is 11.8. The molecule has 0 aromatic heterocycles. The van der Waals surface area contributed by atoms with E-state index in [-0.39, 0.29) is 0 Å². The smallest absolute Gasteiger partial charge is 0.358 e. The molecule has 5 nitrogen and oxygen atoms in total. The van der Waals surface area contributed by atoms with E-state index < -0.39 is 6.48 Å². The molecule has 0 radical (unpaired) electrons. The number of hydrogen-bond acceptors (Lipinski definition) is 5. The second-order valence-electron chi connectivity index (χ2n) is 5.45. The summed E-state index contributed by atoms with van der Waals surface area (Å²) >= 11 is 0. The van der Waals surface area contributed by atoms with Crippen LogP contribution in [-0.2, 0) is 22.3 Å². The molecule has 0 amide bonds. The zero-order chi connectivity index (χ0) is 14.1. The fraction of sp³-hybridized carbons (Fsp3) is 0.600. The van der Waals surface area contributed by atoms with Crippen molar-refractivity contribution in [1.29, 1.82) is 0 Å². The van der Waals surface area contributed by atoms with Crippen molar-refractivity contribution < 1.29 is 24.1 Å². The van der Waals surface area contributed by atoms with Crippen molar-refractivity contribution in [2.75, 3.05) is 27.4 Å². The van der Waals surface area contributed by atoms with Gasteiger partial charge in [0.2, 0.25) is 0 Å². The Morgan fingerprint density at radius 2 is 1.45 bits per heavy atom. The molecule has 1 heterocycles. The summed E-state index contributed by atoms with van der Waals surface area (Å²) in [6.45, 7) is 0.271. The SMILES string of the molecule is COCC1Cc2cc3c(cc2CC1COC)OC(O)O3. The summed E-state index contributed by atoms with van der Waals surface area (Å²) in [5, 5.41) is 9.38. The molecule has 0 bridgehead atoms. The summed E-state index contributed by atoms with van der Waals surface area (Å²) in [4.78, 5) is 0. The van der Waals surface area contributed by atoms with E-state index in [0.717, 1.165) is 26.1 Å². The van der Waals surface area contributed by atoms with Crippen LogP contribution in [0.25, 0.3) is 0 Å². The van der Waals surface area contributed by atoms with Gasteiger partial charge in [-0.25, -0.2) is 0 Å². The minimum absolute atomic E-state index is 0.442. The van der Waals surface area contributed by atoms with E-state index in [0.29, 0.717) is 23.3 Å². The maximum Gasteiger partial charge on any atom is 0.358 e. The number of ether oxygens (including phenoxy) is 4. The molecular formula is C15H20O5. The molecule has 1 aromatic rings. The van der Waals surface area contributed by atoms with Crippen molar-refractivity contribution in [3.63, 3.8) is 0 Å². The number of rotatable bonds is 4. The molecule has 0 saturated heterocycles. The Balaban J connectivity index is 1.87. The molecule has 2 atom stereocenters. The van der Waals surface area contributed by atoms with Gasteiger partial charge in [0, 0.05) is 27.4 Å². The van der Waals surface area contributed by atoms with Crippen LogP contribution in [0.5, 0.6) is 11.5 Å². The molecule has 1 N–H and O–H groups in total. The molecule has 1 aromatic carbocycles. The molecular weight excluding hydrogens is 260 g/mol. The van der Waals surface area contributed by atoms with E-state index >= 15 is 0 Å². The summed E-state index contributed by atoms with van der Waals surface area (Å²) < 4.78 is 21.1. The van der Waals surface area contributed by atoms with Gasteiger partial charge in [-0.1, -0.05) is 0 Å². The van der Waals surface area contributed by atoms with E-state index in [1.807, 2.05) is 12.1 Å². The van der Waals surface area contributed by atoms with Gasteiger partial charge in [-0.15, -0.1) is 0 Å². The Labute approximate surface area is 118 Å². The van der Waals surface area contributed by atoms with Gasteiger partial charge in [0.1, 0.15) is 0 Å². The normalized spacial score (nSPS) is 27.4. The monoisotopic (exact) mass is 280 g/mol. The highest BCUT2D eigenvalue weighted by Gasteiger charge is 2.32. The first-order chi connectivity index (χ1) is 9.71. The van der Waals surface area contributed by atoms with Gasteiger partial charge < -0.3 is 24.1 Å². The van der Waals surface area contributed by atoms with Crippen LogP contribution in [0, 0.1) is 11.8 Å². The van der Waals surface area contributed by atoms with Gasteiger partial charge in [0.05, 0.1) is 0 Å². The number of hydrogen-bond donors (Lipinski definition) is 1. The molecule has 2 aliphatic rings. The maximum absolute atomic E-state index is 9.38. The van der Waals surface area contributed by atoms with Crippen LogP contribution in [0.3, 0.4) is 0 Å². The molecule has 1 aliphatic heterocycles. The average molecular weight is 280 g/mol. The molecule has 2 unspecified atom stereocenters. The Morgan fingerprint density at radius 1 is 1.00 bits per heavy atom. The summed E-state index contributed by atoms with van der Waals surface area (Å²) in [5.41, 5.74) is 2.49. The highest BCUT2D eigenvalue weighted by Crippen LogP contribution is 2.41. The highest BCUT2D eigenvalue weighted by atomic mass is 16.8. The van der Waals surface area contributed by atoms with E-state index in [2.05, 4.69) is 0 Å². The number of aliphatic hydroxyl groups excluding tert-OH is 1. The Hall–Kier alpha value is -1.30. The third-order valence-electron chi connectivity index (χ3n) is 4.11. The minimum Gasteiger partial charge on any atom is -0.428 e. The molecule has 20 heavy (non-hydrogen) atoms. The lowest BCUT2D eigenvalue weighted by Gasteiger charge is -2.32. The number of aliphatic hydroxyl groups is 1. The molecule has 0 spiro atoms. The van der Waals surface area contributed by atoms with E-state index in [9.17, 15) is 5.11 Å². The van der Waals surface area contributed by atoms with Crippen LogP contribution in [0.4, 0.5) is 0 Å². The zero-order valence-corrected chi connectivity index (χ0v) is 11.8. The standard InChI is InChI=1S/C15H20O5/c1-17-7-11-3-9-5-13-14(20-15(16)19-13)6-10(9)4-12(11)8-18-2/h5-6,11-12,15-16H,3-4,7-8H2,1-2H3. The first-order valence-electron chi connectivity index (χ1n) is 6.86. The van der Waals surface area contributed by atoms with Crippen LogP contribution in [0.2, 0.25) is 0 Å². The van der Waals surface area contributed by atoms with Gasteiger partial charge in [0.15, 0.2) is 11.5 Å². The summed E-state index contributed by atoms with van der Waals surface area (Å²) in [6.07, 6.45) is 1.87. The minimum atomic E-state index is -1.18. The van der Waals surface area contributed by atoms with E-state index in [1.54, 1.807) is 14.2 Å². The third kappa shape index (κ3) is 2.49. The Bertz CT molecular complexity index is 444. The highest BCUT2D eigenvalue weighted by molar-refractivity contribution is 5.50. The largest absolute Gasteiger partial charge is 0.428 e. The summed E-state index contributed by atoms with van der Waals surface area (Å²) in [5.74, 6) is 2.13. The van der Waals surface area contributed by atoms with Crippen LogP contribution in [-0.4, -0.2) is 39.0 Å². The van der Waals surface area contributed by atoms with Crippen LogP contribution in [0.1, 0.15) is 11.1 Å². The predicted molar refractivity (Wildman–Crippen MR) is 71.8 cm³/mol. The second kappa shape index (κ2) is 5.60. The summed E-state index contributed by atoms with van der Waals surface area (Å²) in [6, 6.07) is 3.96. The van der Waals surface area contributed by atoms with Crippen LogP contribution >= 0.6 is 0 Å². The fourth-order valence-corrected chi connectivity index (χ4v) is 3.17. The molecule has 110 valence electrons. The van der Waals surface area contributed by atoms with Crippen molar-refractivity contribution in [2.45, 2.75) is 19.3 Å². The molecule has 0 saturated carbocycles. The van der Waals surface area contributed by atoms with Gasteiger partial charge in [-0.2, -0.15) is 0 Å². The Morgan fingerprint density at radius 3 is 1.85 bits per heavy atom. The van der Waals surface area contributed by atoms with Crippen LogP contribution in [0.15, 0.2) is 12.1 Å². The third-order valence-corrected chi connectivity index (χ3v) is 4.11. The van der Waals surface area contributed by atoms with Crippen molar-refractivity contribution in [1.82, 2.24) is 0 Å². The van der Waals surface area contributed by atoms with Crippen molar-refractivity contribution in [3.05, 3.63) is 23.3 Å². The topological polar surface area (TPSA) is 57.2 Å². The molecule has 0 fully saturated rings. The van der Waals surface area contributed by atoms with Gasteiger partial charge in [0.25, 0.3) is 0 Å². The van der Waals surface area contributed by atoms with Crippen molar-refractivity contribution >= 4 is 0 Å². The fourth-order valence-electron chi connectivity index (χ4n) is 3.17. The molecule has 1 aliphatic carbocycles. The Kier molecular flexibility index (Phi) is 3.83. The van der Waals surface area contributed by atoms with Gasteiger partial charge in [-0.05, 0) is 47.9 Å². The average Bonchev–Trinajstić information content (AvgIpc) is 2.76. The van der Waals surface area contributed by atoms with Crippen LogP contribution < -0.4 is 9.47 Å². The second-order valence-corrected chi connectivity index (χ2v) is 5.45. The lowest BCUT2D eigenvalue weighted by atomic mass is 9.76. The quantitative estimate of drug-likeness (QED) is 0.902. The maximum atomic E-state index is 9.38.